The minimum absolute atomic E-state index is 0.261. The predicted octanol–water partition coefficient (Wildman–Crippen LogP) is 2.23. The number of pyridine rings is 1. The average molecular weight is 183 g/mol. The van der Waals surface area contributed by atoms with Crippen LogP contribution in [-0.2, 0) is 4.79 Å². The summed E-state index contributed by atoms with van der Waals surface area (Å²) < 4.78 is 24.0. The molecule has 1 aromatic rings. The molecule has 0 saturated carbocycles. The maximum absolute atomic E-state index is 12.0. The minimum Gasteiger partial charge on any atom is -0.299 e. The van der Waals surface area contributed by atoms with Gasteiger partial charge in [0.15, 0.2) is 0 Å². The van der Waals surface area contributed by atoms with E-state index in [9.17, 15) is 13.6 Å². The fourth-order valence-corrected chi connectivity index (χ4v) is 0.795. The van der Waals surface area contributed by atoms with Crippen molar-refractivity contribution in [2.45, 2.75) is 6.43 Å². The highest BCUT2D eigenvalue weighted by molar-refractivity contribution is 5.73. The monoisotopic (exact) mass is 183 g/mol. The molecule has 1 rings (SSSR count). The van der Waals surface area contributed by atoms with Crippen LogP contribution in [0.3, 0.4) is 0 Å². The summed E-state index contributed by atoms with van der Waals surface area (Å²) in [6, 6.07) is 2.71. The number of halogens is 2. The summed E-state index contributed by atoms with van der Waals surface area (Å²) in [6.07, 6.45) is 2.13. The third-order valence-electron chi connectivity index (χ3n) is 1.40. The van der Waals surface area contributed by atoms with Crippen molar-refractivity contribution in [1.82, 2.24) is 4.98 Å². The first-order chi connectivity index (χ1) is 6.24. The first kappa shape index (κ1) is 9.51. The standard InChI is InChI=1S/C9H7F2NO/c10-9(11)8-4-3-7(6-12-8)2-1-5-13/h1-6,9H/b2-1+. The van der Waals surface area contributed by atoms with E-state index in [-0.39, 0.29) is 5.69 Å². The molecule has 0 aliphatic rings. The Morgan fingerprint density at radius 3 is 2.62 bits per heavy atom. The Balaban J connectivity index is 2.81. The topological polar surface area (TPSA) is 30.0 Å². The van der Waals surface area contributed by atoms with Crippen molar-refractivity contribution >= 4 is 12.4 Å². The lowest BCUT2D eigenvalue weighted by Gasteiger charge is -1.97. The van der Waals surface area contributed by atoms with Crippen LogP contribution in [0.2, 0.25) is 0 Å². The Kier molecular flexibility index (Phi) is 3.25. The largest absolute Gasteiger partial charge is 0.299 e. The Morgan fingerprint density at radius 1 is 1.38 bits per heavy atom. The van der Waals surface area contributed by atoms with Gasteiger partial charge in [0.1, 0.15) is 12.0 Å². The van der Waals surface area contributed by atoms with Crippen molar-refractivity contribution in [2.24, 2.45) is 0 Å². The molecule has 0 aromatic carbocycles. The molecule has 0 saturated heterocycles. The second-order valence-corrected chi connectivity index (χ2v) is 2.31. The average Bonchev–Trinajstić information content (AvgIpc) is 2.15. The zero-order valence-electron chi connectivity index (χ0n) is 6.65. The molecule has 0 aliphatic carbocycles. The predicted molar refractivity (Wildman–Crippen MR) is 44.3 cm³/mol. The lowest BCUT2D eigenvalue weighted by atomic mass is 10.2. The molecular formula is C9H7F2NO. The van der Waals surface area contributed by atoms with Gasteiger partial charge in [-0.25, -0.2) is 8.78 Å². The molecule has 1 aromatic heterocycles. The fraction of sp³-hybridized carbons (Fsp3) is 0.111. The minimum atomic E-state index is -2.55. The molecule has 2 nitrogen and oxygen atoms in total. The number of hydrogen-bond acceptors (Lipinski definition) is 2. The van der Waals surface area contributed by atoms with Gasteiger partial charge in [0.25, 0.3) is 6.43 Å². The van der Waals surface area contributed by atoms with Crippen LogP contribution in [0, 0.1) is 0 Å². The van der Waals surface area contributed by atoms with Crippen LogP contribution in [0.25, 0.3) is 6.08 Å². The number of allylic oxidation sites excluding steroid dienone is 1. The van der Waals surface area contributed by atoms with Gasteiger partial charge in [-0.2, -0.15) is 0 Å². The van der Waals surface area contributed by atoms with Crippen LogP contribution < -0.4 is 0 Å². The van der Waals surface area contributed by atoms with E-state index in [2.05, 4.69) is 4.98 Å². The summed E-state index contributed by atoms with van der Waals surface area (Å²) in [6.45, 7) is 0. The van der Waals surface area contributed by atoms with Crippen molar-refractivity contribution in [2.75, 3.05) is 0 Å². The van der Waals surface area contributed by atoms with Gasteiger partial charge in [-0.15, -0.1) is 0 Å². The SMILES string of the molecule is O=C/C=C/c1ccc(C(F)F)nc1. The van der Waals surface area contributed by atoms with Gasteiger partial charge in [0, 0.05) is 6.20 Å². The van der Waals surface area contributed by atoms with E-state index in [0.29, 0.717) is 11.8 Å². The van der Waals surface area contributed by atoms with Crippen LogP contribution in [0.5, 0.6) is 0 Å². The molecular weight excluding hydrogens is 176 g/mol. The molecule has 0 radical (unpaired) electrons. The summed E-state index contributed by atoms with van der Waals surface area (Å²) in [5, 5.41) is 0. The lowest BCUT2D eigenvalue weighted by molar-refractivity contribution is -0.104. The van der Waals surface area contributed by atoms with Gasteiger partial charge in [-0.3, -0.25) is 9.78 Å². The summed E-state index contributed by atoms with van der Waals surface area (Å²) in [7, 11) is 0. The number of carbonyl (C=O) groups is 1. The Bertz CT molecular complexity index is 306. The molecule has 0 fully saturated rings. The van der Waals surface area contributed by atoms with Crippen LogP contribution in [0.1, 0.15) is 17.7 Å². The molecule has 13 heavy (non-hydrogen) atoms. The third kappa shape index (κ3) is 2.74. The van der Waals surface area contributed by atoms with Crippen molar-refractivity contribution in [3.8, 4) is 0 Å². The van der Waals surface area contributed by atoms with E-state index >= 15 is 0 Å². The zero-order chi connectivity index (χ0) is 9.68. The van der Waals surface area contributed by atoms with Gasteiger partial charge in [0.2, 0.25) is 0 Å². The number of hydrogen-bond donors (Lipinski definition) is 0. The first-order valence-electron chi connectivity index (χ1n) is 3.60. The fourth-order valence-electron chi connectivity index (χ4n) is 0.795. The quantitative estimate of drug-likeness (QED) is 0.531. The molecule has 68 valence electrons. The highest BCUT2D eigenvalue weighted by atomic mass is 19.3. The maximum atomic E-state index is 12.0. The molecule has 4 heteroatoms. The number of alkyl halides is 2. The number of aromatic nitrogens is 1. The summed E-state index contributed by atoms with van der Waals surface area (Å²) in [5.74, 6) is 0. The summed E-state index contributed by atoms with van der Waals surface area (Å²) in [5.41, 5.74) is 0.361. The van der Waals surface area contributed by atoms with Gasteiger partial charge in [0.05, 0.1) is 0 Å². The van der Waals surface area contributed by atoms with Crippen LogP contribution >= 0.6 is 0 Å². The Labute approximate surface area is 73.9 Å². The van der Waals surface area contributed by atoms with Gasteiger partial charge in [-0.1, -0.05) is 12.1 Å². The van der Waals surface area contributed by atoms with Crippen LogP contribution in [0.15, 0.2) is 24.4 Å². The van der Waals surface area contributed by atoms with Crippen LogP contribution in [0.4, 0.5) is 8.78 Å². The highest BCUT2D eigenvalue weighted by Crippen LogP contribution is 2.15. The molecule has 0 N–H and O–H groups in total. The molecule has 0 spiro atoms. The van der Waals surface area contributed by atoms with Crippen molar-refractivity contribution in [3.05, 3.63) is 35.7 Å². The third-order valence-corrected chi connectivity index (χ3v) is 1.40. The second-order valence-electron chi connectivity index (χ2n) is 2.31. The lowest BCUT2D eigenvalue weighted by Crippen LogP contribution is -1.88. The van der Waals surface area contributed by atoms with E-state index in [1.165, 1.54) is 30.5 Å². The molecule has 0 unspecified atom stereocenters. The van der Waals surface area contributed by atoms with E-state index in [1.54, 1.807) is 0 Å². The smallest absolute Gasteiger partial charge is 0.280 e. The highest BCUT2D eigenvalue weighted by Gasteiger charge is 2.06. The van der Waals surface area contributed by atoms with E-state index < -0.39 is 6.43 Å². The van der Waals surface area contributed by atoms with Crippen molar-refractivity contribution in [3.63, 3.8) is 0 Å². The second kappa shape index (κ2) is 4.45. The number of aldehydes is 1. The molecule has 0 bridgehead atoms. The Morgan fingerprint density at radius 2 is 2.15 bits per heavy atom. The normalized spacial score (nSPS) is 11.0. The van der Waals surface area contributed by atoms with Gasteiger partial charge in [-0.05, 0) is 17.7 Å². The first-order valence-corrected chi connectivity index (χ1v) is 3.60. The number of nitrogens with zero attached hydrogens (tertiary/aromatic N) is 1. The Hall–Kier alpha value is -1.58. The molecule has 0 atom stereocenters. The van der Waals surface area contributed by atoms with Crippen molar-refractivity contribution in [1.29, 1.82) is 0 Å². The van der Waals surface area contributed by atoms with Crippen molar-refractivity contribution < 1.29 is 13.6 Å². The number of carbonyl (C=O) groups excluding carboxylic acids is 1. The summed E-state index contributed by atoms with van der Waals surface area (Å²) >= 11 is 0. The van der Waals surface area contributed by atoms with Gasteiger partial charge < -0.3 is 0 Å². The van der Waals surface area contributed by atoms with E-state index in [1.807, 2.05) is 0 Å². The summed E-state index contributed by atoms with van der Waals surface area (Å²) in [4.78, 5) is 13.4. The van der Waals surface area contributed by atoms with E-state index in [0.717, 1.165) is 0 Å². The zero-order valence-corrected chi connectivity index (χ0v) is 6.65. The molecule has 0 amide bonds. The number of rotatable bonds is 3. The van der Waals surface area contributed by atoms with Crippen LogP contribution in [-0.4, -0.2) is 11.3 Å². The molecule has 1 heterocycles. The maximum Gasteiger partial charge on any atom is 0.280 e. The van der Waals surface area contributed by atoms with E-state index in [4.69, 9.17) is 0 Å². The molecule has 0 aliphatic heterocycles. The van der Waals surface area contributed by atoms with Gasteiger partial charge >= 0.3 is 0 Å².